The third-order valence-electron chi connectivity index (χ3n) is 8.60. The standard InChI is InChI=1S/C23H29.C13H19.C3H6.2ClH.Zr/c1-14-9-16-11-17-10-15(2)21(23(6,7)8)13-19(17)18(16)12-20(14)22(3,4)5;1-11-6-7-12(10-11)13(2)8-4-3-5-9-13;1-3-2;;;/h9-13H,1-8H3;7,10-11H,3-5,8-9H2,1-2H3;1-2H3;2*1H;/q2*-1;;;;+2/p-2. The third-order valence-corrected chi connectivity index (χ3v) is 8.60. The number of hydrogen-bond acceptors (Lipinski definition) is 0. The van der Waals surface area contributed by atoms with Crippen molar-refractivity contribution in [3.63, 3.8) is 0 Å². The van der Waals surface area contributed by atoms with Crippen LogP contribution in [0.5, 0.6) is 0 Å². The first-order valence-electron chi connectivity index (χ1n) is 15.4. The molecule has 42 heavy (non-hydrogen) atoms. The molecule has 230 valence electrons. The van der Waals surface area contributed by atoms with E-state index < -0.39 is 0 Å². The van der Waals surface area contributed by atoms with Crippen LogP contribution in [0.1, 0.15) is 124 Å². The van der Waals surface area contributed by atoms with Crippen molar-refractivity contribution in [1.29, 1.82) is 0 Å². The molecule has 1 saturated carbocycles. The Balaban J connectivity index is 0.000000394. The largest absolute Gasteiger partial charge is 1.00 e. The molecule has 0 spiro atoms. The summed E-state index contributed by atoms with van der Waals surface area (Å²) in [7, 11) is 0. The van der Waals surface area contributed by atoms with Gasteiger partial charge in [-0.2, -0.15) is 11.6 Å². The minimum absolute atomic E-state index is 0. The zero-order valence-electron chi connectivity index (χ0n) is 28.4. The molecule has 5 rings (SSSR count). The maximum atomic E-state index is 3.37. The number of fused-ring (bicyclic) bond motifs is 3. The fourth-order valence-corrected chi connectivity index (χ4v) is 6.53. The van der Waals surface area contributed by atoms with E-state index >= 15 is 0 Å². The number of aryl methyl sites for hydroxylation is 2. The second kappa shape index (κ2) is 15.4. The van der Waals surface area contributed by atoms with Crippen molar-refractivity contribution in [2.45, 2.75) is 126 Å². The molecule has 0 amide bonds. The van der Waals surface area contributed by atoms with Crippen molar-refractivity contribution in [2.75, 3.05) is 0 Å². The zero-order valence-corrected chi connectivity index (χ0v) is 32.4. The molecular formula is C39H54Cl2Zr-2. The maximum absolute atomic E-state index is 3.37. The normalized spacial score (nSPS) is 17.8. The van der Waals surface area contributed by atoms with Gasteiger partial charge in [-0.05, 0) is 24.7 Å². The van der Waals surface area contributed by atoms with E-state index in [4.69, 9.17) is 0 Å². The summed E-state index contributed by atoms with van der Waals surface area (Å²) in [6.07, 6.45) is 15.0. The van der Waals surface area contributed by atoms with E-state index in [2.05, 4.69) is 132 Å². The molecule has 2 aliphatic carbocycles. The minimum Gasteiger partial charge on any atom is -1.00 e. The van der Waals surface area contributed by atoms with Crippen LogP contribution in [0.2, 0.25) is 0 Å². The fourth-order valence-electron chi connectivity index (χ4n) is 6.53. The van der Waals surface area contributed by atoms with E-state index in [1.54, 1.807) is 29.8 Å². The SMILES string of the molecule is CC1[C-]=CC(C2(C)CCCCC2)=C1.C[C](C)=[Zr+2].Cc1cc2[cH-]c3cc(C)c(C(C)(C)C)cc3c2cc1C(C)(C)C.[Cl-].[Cl-]. The van der Waals surface area contributed by atoms with Gasteiger partial charge in [0, 0.05) is 0 Å². The summed E-state index contributed by atoms with van der Waals surface area (Å²) < 4.78 is 1.51. The molecule has 0 heterocycles. The van der Waals surface area contributed by atoms with Crippen LogP contribution in [0.3, 0.4) is 0 Å². The monoisotopic (exact) mass is 682 g/mol. The summed E-state index contributed by atoms with van der Waals surface area (Å²) in [5, 5.41) is 5.55. The van der Waals surface area contributed by atoms with Crippen molar-refractivity contribution < 1.29 is 49.0 Å². The Morgan fingerprint density at radius 2 is 1.21 bits per heavy atom. The van der Waals surface area contributed by atoms with Crippen molar-refractivity contribution in [1.82, 2.24) is 0 Å². The second-order valence-corrected chi connectivity index (χ2v) is 17.5. The van der Waals surface area contributed by atoms with Gasteiger partial charge in [0.05, 0.1) is 0 Å². The molecule has 0 aromatic heterocycles. The summed E-state index contributed by atoms with van der Waals surface area (Å²) in [6.45, 7) is 27.2. The van der Waals surface area contributed by atoms with Crippen LogP contribution in [0.15, 0.2) is 48.1 Å². The summed E-state index contributed by atoms with van der Waals surface area (Å²) in [4.78, 5) is 0. The average Bonchev–Trinajstić information content (AvgIpc) is 3.40. The molecule has 0 saturated heterocycles. The smallest absolute Gasteiger partial charge is 0.0142 e. The molecule has 0 aliphatic heterocycles. The van der Waals surface area contributed by atoms with Gasteiger partial charge in [0.1, 0.15) is 0 Å². The van der Waals surface area contributed by atoms with E-state index in [-0.39, 0.29) is 35.6 Å². The number of rotatable bonds is 1. The number of hydrogen-bond donors (Lipinski definition) is 0. The fraction of sp³-hybridized carbons (Fsp3) is 0.538. The van der Waals surface area contributed by atoms with Crippen molar-refractivity contribution in [2.24, 2.45) is 11.3 Å². The topological polar surface area (TPSA) is 0 Å². The summed E-state index contributed by atoms with van der Waals surface area (Å²) in [6, 6.07) is 11.9. The quantitative estimate of drug-likeness (QED) is 0.295. The Morgan fingerprint density at radius 3 is 1.55 bits per heavy atom. The van der Waals surface area contributed by atoms with Gasteiger partial charge in [0.15, 0.2) is 0 Å². The van der Waals surface area contributed by atoms with Gasteiger partial charge < -0.3 is 24.8 Å². The van der Waals surface area contributed by atoms with E-state index in [0.29, 0.717) is 11.3 Å². The third kappa shape index (κ3) is 9.81. The minimum atomic E-state index is 0. The van der Waals surface area contributed by atoms with Crippen LogP contribution < -0.4 is 24.8 Å². The summed E-state index contributed by atoms with van der Waals surface area (Å²) in [5.41, 5.74) is 8.10. The van der Waals surface area contributed by atoms with Gasteiger partial charge in [-0.3, -0.25) is 6.08 Å². The predicted molar refractivity (Wildman–Crippen MR) is 177 cm³/mol. The summed E-state index contributed by atoms with van der Waals surface area (Å²) in [5.74, 6) is 0.550. The van der Waals surface area contributed by atoms with Crippen LogP contribution in [0, 0.1) is 31.3 Å². The Kier molecular flexibility index (Phi) is 14.4. The van der Waals surface area contributed by atoms with Gasteiger partial charge in [0.2, 0.25) is 0 Å². The molecule has 1 unspecified atom stereocenters. The molecule has 1 atom stereocenters. The molecule has 0 bridgehead atoms. The van der Waals surface area contributed by atoms with Crippen LogP contribution in [0.4, 0.5) is 0 Å². The molecule has 1 fully saturated rings. The molecular weight excluding hydrogens is 631 g/mol. The Morgan fingerprint density at radius 1 is 0.810 bits per heavy atom. The van der Waals surface area contributed by atoms with E-state index in [0.717, 1.165) is 0 Å². The molecule has 3 aromatic carbocycles. The first-order chi connectivity index (χ1) is 18.4. The van der Waals surface area contributed by atoms with Crippen LogP contribution in [0.25, 0.3) is 21.5 Å². The van der Waals surface area contributed by atoms with Gasteiger partial charge in [-0.1, -0.05) is 133 Å². The van der Waals surface area contributed by atoms with Gasteiger partial charge in [-0.15, -0.1) is 39.7 Å². The number of allylic oxidation sites excluding steroid dienone is 4. The first-order valence-corrected chi connectivity index (χ1v) is 16.6. The van der Waals surface area contributed by atoms with E-state index in [1.165, 1.54) is 79.1 Å². The van der Waals surface area contributed by atoms with Gasteiger partial charge >= 0.3 is 41.3 Å². The Bertz CT molecular complexity index is 1330. The van der Waals surface area contributed by atoms with E-state index in [9.17, 15) is 0 Å². The molecule has 0 radical (unpaired) electrons. The van der Waals surface area contributed by atoms with Crippen molar-refractivity contribution in [3.8, 4) is 0 Å². The van der Waals surface area contributed by atoms with Crippen molar-refractivity contribution >= 4 is 24.8 Å². The van der Waals surface area contributed by atoms with Crippen LogP contribution in [-0.4, -0.2) is 3.21 Å². The maximum Gasteiger partial charge on any atom is -0.0142 e. The zero-order chi connectivity index (χ0) is 30.0. The summed E-state index contributed by atoms with van der Waals surface area (Å²) >= 11 is 1.55. The molecule has 3 heteroatoms. The Labute approximate surface area is 285 Å². The molecule has 0 nitrogen and oxygen atoms in total. The van der Waals surface area contributed by atoms with Crippen LogP contribution in [-0.2, 0) is 35.1 Å². The van der Waals surface area contributed by atoms with E-state index in [1.807, 2.05) is 0 Å². The second-order valence-electron chi connectivity index (χ2n) is 15.0. The predicted octanol–water partition coefficient (Wildman–Crippen LogP) is 5.57. The molecule has 0 N–H and O–H groups in total. The first kappa shape index (κ1) is 39.1. The number of benzene rings is 2. The van der Waals surface area contributed by atoms with Crippen LogP contribution >= 0.6 is 0 Å². The molecule has 3 aromatic rings. The van der Waals surface area contributed by atoms with Gasteiger partial charge in [0.25, 0.3) is 0 Å². The van der Waals surface area contributed by atoms with Gasteiger partial charge in [-0.25, -0.2) is 6.08 Å². The van der Waals surface area contributed by atoms with Crippen molar-refractivity contribution in [3.05, 3.63) is 76.4 Å². The number of halogens is 2. The Hall–Kier alpha value is -0.877. The molecule has 2 aliphatic rings. The average molecular weight is 685 g/mol.